The lowest BCUT2D eigenvalue weighted by Crippen LogP contribution is -2.86. The molecule has 3 nitrogen and oxygen atoms in total. The summed E-state index contributed by atoms with van der Waals surface area (Å²) in [5, 5.41) is 2.19. The zero-order valence-corrected chi connectivity index (χ0v) is 14.7. The highest BCUT2D eigenvalue weighted by atomic mass is 16.2. The molecule has 0 radical (unpaired) electrons. The Balaban J connectivity index is 1.59. The number of quaternary nitrogens is 1. The third kappa shape index (κ3) is 6.74. The normalized spacial score (nSPS) is 15.8. The van der Waals surface area contributed by atoms with E-state index in [1.807, 2.05) is 0 Å². The summed E-state index contributed by atoms with van der Waals surface area (Å²) in [4.78, 5) is 14.3. The molecule has 1 aliphatic rings. The first-order chi connectivity index (χ1) is 11.3. The van der Waals surface area contributed by atoms with E-state index in [1.165, 1.54) is 31.2 Å². The fraction of sp³-hybridized carbons (Fsp3) is 0.650. The van der Waals surface area contributed by atoms with Crippen molar-refractivity contribution < 1.29 is 10.1 Å². The summed E-state index contributed by atoms with van der Waals surface area (Å²) >= 11 is 0. The van der Waals surface area contributed by atoms with Crippen molar-refractivity contribution in [3.63, 3.8) is 0 Å². The minimum atomic E-state index is 0.332. The van der Waals surface area contributed by atoms with Crippen molar-refractivity contribution in [1.82, 2.24) is 4.90 Å². The molecule has 23 heavy (non-hydrogen) atoms. The number of nitrogens with zero attached hydrogens (tertiary/aromatic N) is 1. The predicted molar refractivity (Wildman–Crippen MR) is 95.3 cm³/mol. The van der Waals surface area contributed by atoms with Crippen LogP contribution in [-0.4, -0.2) is 37.0 Å². The molecule has 1 aromatic carbocycles. The Morgan fingerprint density at radius 2 is 1.87 bits per heavy atom. The summed E-state index contributed by atoms with van der Waals surface area (Å²) < 4.78 is 0. The van der Waals surface area contributed by atoms with Gasteiger partial charge >= 0.3 is 0 Å². The molecule has 0 bridgehead atoms. The van der Waals surface area contributed by atoms with Crippen LogP contribution in [0.5, 0.6) is 0 Å². The van der Waals surface area contributed by atoms with Crippen LogP contribution in [-0.2, 0) is 11.2 Å². The van der Waals surface area contributed by atoms with E-state index in [0.717, 1.165) is 44.8 Å². The Bertz CT molecular complexity index is 438. The highest BCUT2D eigenvalue weighted by molar-refractivity contribution is 5.77. The fourth-order valence-electron chi connectivity index (χ4n) is 3.40. The standard InChI is InChI=1S/C20H32N2O/c1-2-3-4-8-13-21-17-20(23)22-14-11-19(12-15-22)16-18-9-6-5-7-10-18/h5-7,9-10,19,21H,2-4,8,11-17H2,1H3/p+1. The molecule has 0 aliphatic carbocycles. The maximum atomic E-state index is 12.2. The van der Waals surface area contributed by atoms with E-state index < -0.39 is 0 Å². The number of nitrogens with two attached hydrogens (primary N) is 1. The van der Waals surface area contributed by atoms with Crippen LogP contribution in [0.1, 0.15) is 51.0 Å². The number of hydrogen-bond acceptors (Lipinski definition) is 1. The van der Waals surface area contributed by atoms with Crippen LogP contribution in [0.15, 0.2) is 30.3 Å². The van der Waals surface area contributed by atoms with Gasteiger partial charge in [0, 0.05) is 13.1 Å². The zero-order chi connectivity index (χ0) is 16.3. The monoisotopic (exact) mass is 317 g/mol. The van der Waals surface area contributed by atoms with E-state index in [1.54, 1.807) is 0 Å². The highest BCUT2D eigenvalue weighted by Crippen LogP contribution is 2.21. The molecule has 2 rings (SSSR count). The van der Waals surface area contributed by atoms with Crippen molar-refractivity contribution in [2.45, 2.75) is 51.9 Å². The van der Waals surface area contributed by atoms with Gasteiger partial charge in [-0.1, -0.05) is 50.1 Å². The Morgan fingerprint density at radius 1 is 1.13 bits per heavy atom. The molecule has 0 spiro atoms. The first-order valence-corrected chi connectivity index (χ1v) is 9.43. The molecule has 1 heterocycles. The van der Waals surface area contributed by atoms with Gasteiger partial charge in [-0.25, -0.2) is 0 Å². The van der Waals surface area contributed by atoms with Crippen molar-refractivity contribution in [1.29, 1.82) is 0 Å². The van der Waals surface area contributed by atoms with Crippen LogP contribution in [0.2, 0.25) is 0 Å². The van der Waals surface area contributed by atoms with E-state index in [4.69, 9.17) is 0 Å². The number of likely N-dealkylation sites (tertiary alicyclic amines) is 1. The van der Waals surface area contributed by atoms with E-state index in [9.17, 15) is 4.79 Å². The van der Waals surface area contributed by atoms with Gasteiger partial charge in [0.05, 0.1) is 6.54 Å². The molecular weight excluding hydrogens is 284 g/mol. The Hall–Kier alpha value is -1.35. The number of unbranched alkanes of at least 4 members (excludes halogenated alkanes) is 3. The van der Waals surface area contributed by atoms with Crippen molar-refractivity contribution in [3.8, 4) is 0 Å². The number of piperidine rings is 1. The van der Waals surface area contributed by atoms with E-state index in [2.05, 4.69) is 47.5 Å². The fourth-order valence-corrected chi connectivity index (χ4v) is 3.40. The second kappa shape index (κ2) is 10.4. The van der Waals surface area contributed by atoms with Crippen LogP contribution >= 0.6 is 0 Å². The van der Waals surface area contributed by atoms with Gasteiger partial charge in [-0.2, -0.15) is 0 Å². The van der Waals surface area contributed by atoms with E-state index >= 15 is 0 Å². The minimum absolute atomic E-state index is 0.332. The Kier molecular flexibility index (Phi) is 8.16. The molecule has 1 saturated heterocycles. The zero-order valence-electron chi connectivity index (χ0n) is 14.7. The van der Waals surface area contributed by atoms with Crippen LogP contribution in [0, 0.1) is 5.92 Å². The molecule has 1 amide bonds. The summed E-state index contributed by atoms with van der Waals surface area (Å²) in [5.41, 5.74) is 1.43. The third-order valence-corrected chi connectivity index (χ3v) is 4.92. The summed E-state index contributed by atoms with van der Waals surface area (Å²) in [6, 6.07) is 10.7. The Labute approximate surface area is 141 Å². The average Bonchev–Trinajstić information content (AvgIpc) is 2.59. The van der Waals surface area contributed by atoms with Gasteiger partial charge in [0.1, 0.15) is 0 Å². The molecular formula is C20H33N2O+. The molecule has 3 heteroatoms. The summed E-state index contributed by atoms with van der Waals surface area (Å²) in [7, 11) is 0. The first-order valence-electron chi connectivity index (χ1n) is 9.43. The summed E-state index contributed by atoms with van der Waals surface area (Å²) in [6.07, 6.45) is 8.58. The highest BCUT2D eigenvalue weighted by Gasteiger charge is 2.23. The lowest BCUT2D eigenvalue weighted by atomic mass is 9.90. The number of carbonyl (C=O) groups is 1. The van der Waals surface area contributed by atoms with Crippen molar-refractivity contribution in [2.75, 3.05) is 26.2 Å². The molecule has 0 aromatic heterocycles. The number of amides is 1. The lowest BCUT2D eigenvalue weighted by molar-refractivity contribution is -0.645. The molecule has 1 aliphatic heterocycles. The van der Waals surface area contributed by atoms with Gasteiger partial charge in [0.2, 0.25) is 0 Å². The molecule has 0 atom stereocenters. The number of benzene rings is 1. The quantitative estimate of drug-likeness (QED) is 0.698. The van der Waals surface area contributed by atoms with Crippen LogP contribution in [0.4, 0.5) is 0 Å². The maximum Gasteiger partial charge on any atom is 0.277 e. The lowest BCUT2D eigenvalue weighted by Gasteiger charge is -2.31. The van der Waals surface area contributed by atoms with Crippen LogP contribution < -0.4 is 5.32 Å². The summed E-state index contributed by atoms with van der Waals surface area (Å²) in [6.45, 7) is 5.85. The number of carbonyl (C=O) groups excluding carboxylic acids is 1. The second-order valence-electron chi connectivity index (χ2n) is 6.86. The number of hydrogen-bond donors (Lipinski definition) is 1. The van der Waals surface area contributed by atoms with Gasteiger partial charge in [0.15, 0.2) is 6.54 Å². The smallest absolute Gasteiger partial charge is 0.277 e. The molecule has 2 N–H and O–H groups in total. The Morgan fingerprint density at radius 3 is 2.57 bits per heavy atom. The van der Waals surface area contributed by atoms with Gasteiger partial charge in [0.25, 0.3) is 5.91 Å². The molecule has 0 saturated carbocycles. The maximum absolute atomic E-state index is 12.2. The van der Waals surface area contributed by atoms with E-state index in [-0.39, 0.29) is 0 Å². The van der Waals surface area contributed by atoms with Crippen molar-refractivity contribution in [2.24, 2.45) is 5.92 Å². The molecule has 1 fully saturated rings. The molecule has 128 valence electrons. The van der Waals surface area contributed by atoms with Gasteiger partial charge < -0.3 is 10.2 Å². The van der Waals surface area contributed by atoms with Crippen LogP contribution in [0.3, 0.4) is 0 Å². The average molecular weight is 317 g/mol. The van der Waals surface area contributed by atoms with Crippen LogP contribution in [0.25, 0.3) is 0 Å². The van der Waals surface area contributed by atoms with Gasteiger partial charge in [-0.15, -0.1) is 0 Å². The molecule has 1 aromatic rings. The SMILES string of the molecule is CCCCCC[NH2+]CC(=O)N1CCC(Cc2ccccc2)CC1. The minimum Gasteiger partial charge on any atom is -0.338 e. The van der Waals surface area contributed by atoms with Gasteiger partial charge in [-0.3, -0.25) is 4.79 Å². The largest absolute Gasteiger partial charge is 0.338 e. The molecule has 0 unspecified atom stereocenters. The predicted octanol–water partition coefficient (Wildman–Crippen LogP) is 2.61. The topological polar surface area (TPSA) is 36.9 Å². The summed E-state index contributed by atoms with van der Waals surface area (Å²) in [5.74, 6) is 1.07. The number of rotatable bonds is 9. The van der Waals surface area contributed by atoms with Gasteiger partial charge in [-0.05, 0) is 43.6 Å². The third-order valence-electron chi connectivity index (χ3n) is 4.92. The second-order valence-corrected chi connectivity index (χ2v) is 6.86. The first kappa shape index (κ1) is 18.0. The van der Waals surface area contributed by atoms with E-state index in [0.29, 0.717) is 12.5 Å². The van der Waals surface area contributed by atoms with Crippen molar-refractivity contribution >= 4 is 5.91 Å². The van der Waals surface area contributed by atoms with Crippen molar-refractivity contribution in [3.05, 3.63) is 35.9 Å².